The van der Waals surface area contributed by atoms with Gasteiger partial charge in [-0.2, -0.15) is 0 Å². The van der Waals surface area contributed by atoms with E-state index in [-0.39, 0.29) is 12.6 Å². The number of ether oxygens (including phenoxy) is 2. The first-order chi connectivity index (χ1) is 12.7. The summed E-state index contributed by atoms with van der Waals surface area (Å²) in [6, 6.07) is 0. The van der Waals surface area contributed by atoms with Crippen molar-refractivity contribution in [3.8, 4) is 0 Å². The molecule has 0 radical (unpaired) electrons. The molecule has 0 saturated carbocycles. The highest BCUT2D eigenvalue weighted by Gasteiger charge is 2.13. The normalized spacial score (nSPS) is 12.3. The molecule has 0 saturated heterocycles. The van der Waals surface area contributed by atoms with E-state index in [9.17, 15) is 9.90 Å². The molecule has 1 N–H and O–H groups in total. The molecule has 0 spiro atoms. The highest BCUT2D eigenvalue weighted by molar-refractivity contribution is 5.69. The lowest BCUT2D eigenvalue weighted by Crippen LogP contribution is -2.27. The third-order valence-electron chi connectivity index (χ3n) is 4.68. The molecule has 0 aromatic heterocycles. The van der Waals surface area contributed by atoms with Gasteiger partial charge in [0, 0.05) is 13.0 Å². The van der Waals surface area contributed by atoms with Crippen LogP contribution in [0.4, 0.5) is 0 Å². The molecule has 0 aromatic rings. The van der Waals surface area contributed by atoms with Crippen molar-refractivity contribution in [1.82, 2.24) is 0 Å². The number of unbranched alkanes of at least 4 members (excludes halogenated alkanes) is 12. The summed E-state index contributed by atoms with van der Waals surface area (Å²) in [5, 5.41) is 9.25. The van der Waals surface area contributed by atoms with Gasteiger partial charge < -0.3 is 14.6 Å². The molecule has 0 rings (SSSR count). The molecule has 0 bridgehead atoms. The van der Waals surface area contributed by atoms with Gasteiger partial charge in [-0.3, -0.25) is 4.79 Å². The standard InChI is InChI=1S/C22H44O4/c1-3-5-7-8-9-10-11-12-13-14-15-16-18-25-20-21(19-23)26-22(24)17-6-4-2/h21,23H,3-20H2,1-2H3. The van der Waals surface area contributed by atoms with Crippen LogP contribution in [0.1, 0.15) is 110 Å². The summed E-state index contributed by atoms with van der Waals surface area (Å²) in [5.41, 5.74) is 0. The molecule has 0 aromatic carbocycles. The van der Waals surface area contributed by atoms with E-state index in [0.717, 1.165) is 19.3 Å². The number of carbonyl (C=O) groups excluding carboxylic acids is 1. The molecular weight excluding hydrogens is 328 g/mol. The Kier molecular flexibility index (Phi) is 20.2. The fraction of sp³-hybridized carbons (Fsp3) is 0.955. The topological polar surface area (TPSA) is 55.8 Å². The van der Waals surface area contributed by atoms with Crippen LogP contribution in [0.15, 0.2) is 0 Å². The molecule has 4 nitrogen and oxygen atoms in total. The maximum absolute atomic E-state index is 11.5. The van der Waals surface area contributed by atoms with E-state index in [1.807, 2.05) is 6.92 Å². The van der Waals surface area contributed by atoms with Gasteiger partial charge in [-0.05, 0) is 12.8 Å². The van der Waals surface area contributed by atoms with Crippen LogP contribution in [0.2, 0.25) is 0 Å². The quantitative estimate of drug-likeness (QED) is 0.217. The van der Waals surface area contributed by atoms with Gasteiger partial charge in [-0.1, -0.05) is 90.9 Å². The van der Waals surface area contributed by atoms with Gasteiger partial charge in [0.05, 0.1) is 13.2 Å². The third kappa shape index (κ3) is 18.2. The van der Waals surface area contributed by atoms with Crippen LogP contribution in [0.25, 0.3) is 0 Å². The van der Waals surface area contributed by atoms with E-state index in [1.165, 1.54) is 70.6 Å². The van der Waals surface area contributed by atoms with Gasteiger partial charge >= 0.3 is 5.97 Å². The van der Waals surface area contributed by atoms with Crippen molar-refractivity contribution in [2.75, 3.05) is 19.8 Å². The Morgan fingerprint density at radius 1 is 0.769 bits per heavy atom. The molecule has 4 heteroatoms. The van der Waals surface area contributed by atoms with Gasteiger partial charge in [-0.15, -0.1) is 0 Å². The van der Waals surface area contributed by atoms with E-state index in [1.54, 1.807) is 0 Å². The third-order valence-corrected chi connectivity index (χ3v) is 4.68. The van der Waals surface area contributed by atoms with E-state index in [2.05, 4.69) is 6.92 Å². The monoisotopic (exact) mass is 372 g/mol. The lowest BCUT2D eigenvalue weighted by molar-refractivity contribution is -0.154. The lowest BCUT2D eigenvalue weighted by Gasteiger charge is -2.15. The van der Waals surface area contributed by atoms with Crippen molar-refractivity contribution < 1.29 is 19.4 Å². The molecule has 156 valence electrons. The molecule has 0 amide bonds. The Morgan fingerprint density at radius 2 is 1.27 bits per heavy atom. The fourth-order valence-corrected chi connectivity index (χ4v) is 2.95. The summed E-state index contributed by atoms with van der Waals surface area (Å²) in [5.74, 6) is -0.236. The van der Waals surface area contributed by atoms with Crippen molar-refractivity contribution in [3.05, 3.63) is 0 Å². The maximum Gasteiger partial charge on any atom is 0.306 e. The highest BCUT2D eigenvalue weighted by Crippen LogP contribution is 2.12. The predicted octanol–water partition coefficient (Wildman–Crippen LogP) is 5.80. The molecule has 0 fully saturated rings. The second kappa shape index (κ2) is 20.7. The average Bonchev–Trinajstić information content (AvgIpc) is 2.65. The number of hydrogen-bond donors (Lipinski definition) is 1. The first-order valence-corrected chi connectivity index (χ1v) is 11.1. The minimum absolute atomic E-state index is 0.170. The molecule has 0 heterocycles. The SMILES string of the molecule is CCCCCCCCCCCCCCOCC(CO)OC(=O)CCCC. The predicted molar refractivity (Wildman–Crippen MR) is 108 cm³/mol. The first-order valence-electron chi connectivity index (χ1n) is 11.1. The van der Waals surface area contributed by atoms with E-state index >= 15 is 0 Å². The Balaban J connectivity index is 3.32. The largest absolute Gasteiger partial charge is 0.457 e. The molecule has 0 aliphatic rings. The second-order valence-corrected chi connectivity index (χ2v) is 7.36. The first kappa shape index (κ1) is 25.4. The summed E-state index contributed by atoms with van der Waals surface area (Å²) in [6.45, 7) is 5.11. The van der Waals surface area contributed by atoms with Crippen LogP contribution in [0, 0.1) is 0 Å². The van der Waals surface area contributed by atoms with Crippen LogP contribution < -0.4 is 0 Å². The molecule has 1 unspecified atom stereocenters. The van der Waals surface area contributed by atoms with Gasteiger partial charge in [0.1, 0.15) is 6.10 Å². The molecular formula is C22H44O4. The zero-order chi connectivity index (χ0) is 19.3. The van der Waals surface area contributed by atoms with Crippen molar-refractivity contribution in [2.24, 2.45) is 0 Å². The van der Waals surface area contributed by atoms with Crippen LogP contribution in [0.3, 0.4) is 0 Å². The van der Waals surface area contributed by atoms with Crippen molar-refractivity contribution in [3.63, 3.8) is 0 Å². The van der Waals surface area contributed by atoms with E-state index in [0.29, 0.717) is 19.6 Å². The van der Waals surface area contributed by atoms with Gasteiger partial charge in [-0.25, -0.2) is 0 Å². The van der Waals surface area contributed by atoms with Crippen LogP contribution in [-0.2, 0) is 14.3 Å². The Labute approximate surface area is 162 Å². The summed E-state index contributed by atoms with van der Waals surface area (Å²) >= 11 is 0. The minimum Gasteiger partial charge on any atom is -0.457 e. The van der Waals surface area contributed by atoms with E-state index < -0.39 is 6.10 Å². The van der Waals surface area contributed by atoms with Crippen LogP contribution in [-0.4, -0.2) is 37.0 Å². The van der Waals surface area contributed by atoms with Crippen molar-refractivity contribution in [2.45, 2.75) is 116 Å². The summed E-state index contributed by atoms with van der Waals surface area (Å²) in [7, 11) is 0. The molecule has 0 aliphatic carbocycles. The molecule has 26 heavy (non-hydrogen) atoms. The maximum atomic E-state index is 11.5. The number of hydrogen-bond acceptors (Lipinski definition) is 4. The Morgan fingerprint density at radius 3 is 1.77 bits per heavy atom. The van der Waals surface area contributed by atoms with Gasteiger partial charge in [0.15, 0.2) is 0 Å². The number of rotatable bonds is 20. The van der Waals surface area contributed by atoms with Gasteiger partial charge in [0.2, 0.25) is 0 Å². The number of aliphatic hydroxyl groups is 1. The Hall–Kier alpha value is -0.610. The minimum atomic E-state index is -0.517. The number of carbonyl (C=O) groups is 1. The molecule has 1 atom stereocenters. The van der Waals surface area contributed by atoms with Crippen molar-refractivity contribution in [1.29, 1.82) is 0 Å². The summed E-state index contributed by atoms with van der Waals surface area (Å²) < 4.78 is 10.7. The van der Waals surface area contributed by atoms with Gasteiger partial charge in [0.25, 0.3) is 0 Å². The summed E-state index contributed by atoms with van der Waals surface area (Å²) in [4.78, 5) is 11.5. The number of aliphatic hydroxyl groups excluding tert-OH is 1. The zero-order valence-electron chi connectivity index (χ0n) is 17.5. The van der Waals surface area contributed by atoms with Crippen LogP contribution >= 0.6 is 0 Å². The van der Waals surface area contributed by atoms with E-state index in [4.69, 9.17) is 9.47 Å². The molecule has 0 aliphatic heterocycles. The average molecular weight is 373 g/mol. The van der Waals surface area contributed by atoms with Crippen LogP contribution in [0.5, 0.6) is 0 Å². The fourth-order valence-electron chi connectivity index (χ4n) is 2.95. The zero-order valence-corrected chi connectivity index (χ0v) is 17.5. The lowest BCUT2D eigenvalue weighted by atomic mass is 10.1. The smallest absolute Gasteiger partial charge is 0.306 e. The van der Waals surface area contributed by atoms with Crippen molar-refractivity contribution >= 4 is 5.97 Å². The highest BCUT2D eigenvalue weighted by atomic mass is 16.6. The second-order valence-electron chi connectivity index (χ2n) is 7.36. The number of esters is 1. The Bertz CT molecular complexity index is 294. The summed E-state index contributed by atoms with van der Waals surface area (Å²) in [6.07, 6.45) is 17.6.